The molecular weight excluding hydrogens is 406 g/mol. The van der Waals surface area contributed by atoms with E-state index >= 15 is 0 Å². The SMILES string of the molecule is COc1ccc(Nc2nc(N3CCN(c4ccccc4OC)CC3)nc3[nH]ncc23)cc1. The lowest BCUT2D eigenvalue weighted by molar-refractivity contribution is 0.413. The second kappa shape index (κ2) is 8.62. The first-order valence-electron chi connectivity index (χ1n) is 10.5. The average molecular weight is 432 g/mol. The van der Waals surface area contributed by atoms with Crippen LogP contribution in [0.2, 0.25) is 0 Å². The average Bonchev–Trinajstić information content (AvgIpc) is 3.34. The van der Waals surface area contributed by atoms with E-state index in [1.807, 2.05) is 42.5 Å². The number of piperazine rings is 1. The minimum absolute atomic E-state index is 0.678. The largest absolute Gasteiger partial charge is 0.497 e. The van der Waals surface area contributed by atoms with E-state index in [1.54, 1.807) is 20.4 Å². The van der Waals surface area contributed by atoms with E-state index in [0.717, 1.165) is 60.3 Å². The summed E-state index contributed by atoms with van der Waals surface area (Å²) in [7, 11) is 3.36. The number of benzene rings is 2. The Balaban J connectivity index is 1.37. The molecule has 1 fully saturated rings. The molecule has 0 unspecified atom stereocenters. The molecule has 0 atom stereocenters. The summed E-state index contributed by atoms with van der Waals surface area (Å²) >= 11 is 0. The Kier molecular flexibility index (Phi) is 5.37. The van der Waals surface area contributed by atoms with Gasteiger partial charge in [0, 0.05) is 31.9 Å². The van der Waals surface area contributed by atoms with Gasteiger partial charge >= 0.3 is 0 Å². The molecule has 2 aromatic heterocycles. The fourth-order valence-electron chi connectivity index (χ4n) is 3.91. The number of aromatic nitrogens is 4. The van der Waals surface area contributed by atoms with Gasteiger partial charge in [0.2, 0.25) is 5.95 Å². The van der Waals surface area contributed by atoms with Crippen LogP contribution in [0.15, 0.2) is 54.7 Å². The molecule has 5 rings (SSSR count). The van der Waals surface area contributed by atoms with Gasteiger partial charge in [0.15, 0.2) is 5.65 Å². The van der Waals surface area contributed by atoms with Crippen LogP contribution in [0.1, 0.15) is 0 Å². The maximum Gasteiger partial charge on any atom is 0.229 e. The predicted molar refractivity (Wildman–Crippen MR) is 125 cm³/mol. The number of hydrogen-bond donors (Lipinski definition) is 2. The summed E-state index contributed by atoms with van der Waals surface area (Å²) in [5.74, 6) is 3.09. The van der Waals surface area contributed by atoms with Crippen LogP contribution in [-0.2, 0) is 0 Å². The van der Waals surface area contributed by atoms with Crippen molar-refractivity contribution < 1.29 is 9.47 Å². The fourth-order valence-corrected chi connectivity index (χ4v) is 3.91. The maximum atomic E-state index is 5.53. The zero-order valence-corrected chi connectivity index (χ0v) is 18.1. The normalized spacial score (nSPS) is 13.9. The number of ether oxygens (including phenoxy) is 2. The maximum absolute atomic E-state index is 5.53. The summed E-state index contributed by atoms with van der Waals surface area (Å²) < 4.78 is 10.8. The molecule has 9 nitrogen and oxygen atoms in total. The Morgan fingerprint density at radius 2 is 1.62 bits per heavy atom. The van der Waals surface area contributed by atoms with Gasteiger partial charge in [-0.05, 0) is 36.4 Å². The van der Waals surface area contributed by atoms with Crippen LogP contribution >= 0.6 is 0 Å². The summed E-state index contributed by atoms with van der Waals surface area (Å²) in [5.41, 5.74) is 2.73. The highest BCUT2D eigenvalue weighted by Crippen LogP contribution is 2.30. The smallest absolute Gasteiger partial charge is 0.229 e. The van der Waals surface area contributed by atoms with Crippen LogP contribution in [-0.4, -0.2) is 60.6 Å². The van der Waals surface area contributed by atoms with Crippen molar-refractivity contribution in [2.45, 2.75) is 0 Å². The third kappa shape index (κ3) is 3.84. The second-order valence-electron chi connectivity index (χ2n) is 7.50. The second-order valence-corrected chi connectivity index (χ2v) is 7.50. The summed E-state index contributed by atoms with van der Waals surface area (Å²) in [5, 5.41) is 11.4. The first kappa shape index (κ1) is 19.9. The molecule has 0 aliphatic carbocycles. The number of fused-ring (bicyclic) bond motifs is 1. The Hall–Kier alpha value is -4.01. The van der Waals surface area contributed by atoms with Crippen LogP contribution in [0, 0.1) is 0 Å². The molecule has 0 amide bonds. The summed E-state index contributed by atoms with van der Waals surface area (Å²) in [6.45, 7) is 3.32. The lowest BCUT2D eigenvalue weighted by Gasteiger charge is -2.36. The number of nitrogens with one attached hydrogen (secondary N) is 2. The molecule has 164 valence electrons. The summed E-state index contributed by atoms with van der Waals surface area (Å²) in [6, 6.07) is 15.9. The van der Waals surface area contributed by atoms with E-state index < -0.39 is 0 Å². The molecule has 0 radical (unpaired) electrons. The minimum atomic E-state index is 0.678. The van der Waals surface area contributed by atoms with Crippen molar-refractivity contribution in [2.24, 2.45) is 0 Å². The summed E-state index contributed by atoms with van der Waals surface area (Å²) in [4.78, 5) is 14.1. The van der Waals surface area contributed by atoms with Crippen LogP contribution in [0.5, 0.6) is 11.5 Å². The molecule has 0 saturated carbocycles. The molecule has 2 aromatic carbocycles. The van der Waals surface area contributed by atoms with Crippen molar-refractivity contribution in [1.82, 2.24) is 20.2 Å². The molecular formula is C23H25N7O2. The first-order valence-corrected chi connectivity index (χ1v) is 10.5. The number of hydrogen-bond acceptors (Lipinski definition) is 8. The monoisotopic (exact) mass is 431 g/mol. The van der Waals surface area contributed by atoms with Crippen molar-refractivity contribution in [3.63, 3.8) is 0 Å². The highest BCUT2D eigenvalue weighted by Gasteiger charge is 2.22. The molecule has 1 saturated heterocycles. The number of nitrogens with zero attached hydrogens (tertiary/aromatic N) is 5. The van der Waals surface area contributed by atoms with E-state index in [2.05, 4.69) is 31.4 Å². The molecule has 9 heteroatoms. The van der Waals surface area contributed by atoms with Crippen LogP contribution in [0.4, 0.5) is 23.1 Å². The van der Waals surface area contributed by atoms with Crippen LogP contribution in [0.25, 0.3) is 11.0 Å². The van der Waals surface area contributed by atoms with Gasteiger partial charge in [-0.3, -0.25) is 5.10 Å². The lowest BCUT2D eigenvalue weighted by atomic mass is 10.2. The number of anilines is 4. The van der Waals surface area contributed by atoms with Gasteiger partial charge in [0.05, 0.1) is 31.5 Å². The Morgan fingerprint density at radius 1 is 0.875 bits per heavy atom. The molecule has 4 aromatic rings. The number of para-hydroxylation sites is 2. The topological polar surface area (TPSA) is 91.4 Å². The van der Waals surface area contributed by atoms with Crippen LogP contribution in [0.3, 0.4) is 0 Å². The molecule has 2 N–H and O–H groups in total. The predicted octanol–water partition coefficient (Wildman–Crippen LogP) is 3.44. The van der Waals surface area contributed by atoms with Crippen molar-refractivity contribution >= 4 is 34.2 Å². The van der Waals surface area contributed by atoms with E-state index in [1.165, 1.54) is 0 Å². The van der Waals surface area contributed by atoms with Crippen molar-refractivity contribution in [3.05, 3.63) is 54.7 Å². The molecule has 0 spiro atoms. The Labute approximate surface area is 186 Å². The number of methoxy groups -OCH3 is 2. The molecule has 0 bridgehead atoms. The zero-order chi connectivity index (χ0) is 21.9. The summed E-state index contributed by atoms with van der Waals surface area (Å²) in [6.07, 6.45) is 1.74. The number of aromatic amines is 1. The van der Waals surface area contributed by atoms with Gasteiger partial charge in [-0.2, -0.15) is 15.1 Å². The van der Waals surface area contributed by atoms with E-state index in [4.69, 9.17) is 19.4 Å². The third-order valence-electron chi connectivity index (χ3n) is 5.64. The molecule has 1 aliphatic rings. The van der Waals surface area contributed by atoms with E-state index in [9.17, 15) is 0 Å². The molecule has 32 heavy (non-hydrogen) atoms. The fraction of sp³-hybridized carbons (Fsp3) is 0.261. The van der Waals surface area contributed by atoms with Gasteiger partial charge in [-0.25, -0.2) is 0 Å². The first-order chi connectivity index (χ1) is 15.7. The Bertz CT molecular complexity index is 1200. The lowest BCUT2D eigenvalue weighted by Crippen LogP contribution is -2.47. The minimum Gasteiger partial charge on any atom is -0.497 e. The number of H-pyrrole nitrogens is 1. The zero-order valence-electron chi connectivity index (χ0n) is 18.1. The Morgan fingerprint density at radius 3 is 2.38 bits per heavy atom. The van der Waals surface area contributed by atoms with Crippen molar-refractivity contribution in [2.75, 3.05) is 55.5 Å². The van der Waals surface area contributed by atoms with Gasteiger partial charge in [0.1, 0.15) is 17.3 Å². The van der Waals surface area contributed by atoms with Crippen molar-refractivity contribution in [1.29, 1.82) is 0 Å². The van der Waals surface area contributed by atoms with Crippen molar-refractivity contribution in [3.8, 4) is 11.5 Å². The van der Waals surface area contributed by atoms with Gasteiger partial charge in [-0.1, -0.05) is 12.1 Å². The third-order valence-corrected chi connectivity index (χ3v) is 5.64. The molecule has 3 heterocycles. The number of rotatable bonds is 6. The van der Waals surface area contributed by atoms with Gasteiger partial charge in [0.25, 0.3) is 0 Å². The molecule has 1 aliphatic heterocycles. The van der Waals surface area contributed by atoms with E-state index in [0.29, 0.717) is 11.6 Å². The van der Waals surface area contributed by atoms with Gasteiger partial charge < -0.3 is 24.6 Å². The highest BCUT2D eigenvalue weighted by atomic mass is 16.5. The van der Waals surface area contributed by atoms with E-state index in [-0.39, 0.29) is 0 Å². The highest BCUT2D eigenvalue weighted by molar-refractivity contribution is 5.89. The van der Waals surface area contributed by atoms with Crippen LogP contribution < -0.4 is 24.6 Å². The van der Waals surface area contributed by atoms with Gasteiger partial charge in [-0.15, -0.1) is 0 Å². The standard InChI is InChI=1S/C23H25N7O2/c1-31-17-9-7-16(8-10-17)25-21-18-15-24-28-22(18)27-23(26-21)30-13-11-29(12-14-30)19-5-3-4-6-20(19)32-2/h3-10,15H,11-14H2,1-2H3,(H2,24,25,26,27,28). The quantitative estimate of drug-likeness (QED) is 0.480.